The summed E-state index contributed by atoms with van der Waals surface area (Å²) < 4.78 is 10.6. The van der Waals surface area contributed by atoms with Crippen LogP contribution < -0.4 is 15.8 Å². The number of carbonyl (C=O) groups excluding carboxylic acids is 2. The molecule has 0 spiro atoms. The average Bonchev–Trinajstić information content (AvgIpc) is 3.11. The van der Waals surface area contributed by atoms with E-state index in [1.807, 2.05) is 24.3 Å². The quantitative estimate of drug-likeness (QED) is 0.633. The maximum absolute atomic E-state index is 11.0. The van der Waals surface area contributed by atoms with Crippen LogP contribution in [0.3, 0.4) is 0 Å². The summed E-state index contributed by atoms with van der Waals surface area (Å²) in [5.41, 5.74) is 7.55. The van der Waals surface area contributed by atoms with Gasteiger partial charge in [0.15, 0.2) is 11.5 Å². The van der Waals surface area contributed by atoms with Gasteiger partial charge in [-0.15, -0.1) is 0 Å². The van der Waals surface area contributed by atoms with Crippen LogP contribution in [0.25, 0.3) is 22.7 Å². The number of hydrogen-bond donors (Lipinski definition) is 2. The van der Waals surface area contributed by atoms with Crippen LogP contribution >= 0.6 is 15.9 Å². The van der Waals surface area contributed by atoms with Gasteiger partial charge < -0.3 is 20.3 Å². The average molecular weight is 432 g/mol. The number of amides is 2. The van der Waals surface area contributed by atoms with E-state index in [-0.39, 0.29) is 23.2 Å². The fourth-order valence-electron chi connectivity index (χ4n) is 2.23. The van der Waals surface area contributed by atoms with Crippen LogP contribution in [-0.4, -0.2) is 27.1 Å². The monoisotopic (exact) mass is 431 g/mol. The Balaban J connectivity index is 1.86. The number of halogens is 1. The number of rotatable bonds is 5. The molecule has 0 unspecified atom stereocenters. The Labute approximate surface area is 162 Å². The molecule has 0 atom stereocenters. The topological polar surface area (TPSA) is 133 Å². The van der Waals surface area contributed by atoms with Crippen LogP contribution in [0.2, 0.25) is 0 Å². The fourth-order valence-corrected chi connectivity index (χ4v) is 2.51. The number of benzene rings is 1. The van der Waals surface area contributed by atoms with E-state index in [1.54, 1.807) is 6.07 Å². The van der Waals surface area contributed by atoms with Gasteiger partial charge in [-0.2, -0.15) is 0 Å². The minimum Gasteiger partial charge on any atom is -0.389 e. The van der Waals surface area contributed by atoms with Gasteiger partial charge in [0.1, 0.15) is 10.3 Å². The molecule has 2 heterocycles. The highest BCUT2D eigenvalue weighted by Crippen LogP contribution is 2.31. The van der Waals surface area contributed by atoms with Crippen molar-refractivity contribution in [3.05, 3.63) is 46.7 Å². The molecule has 2 aromatic heterocycles. The highest BCUT2D eigenvalue weighted by Gasteiger charge is 2.18. The molecule has 0 aliphatic carbocycles. The van der Waals surface area contributed by atoms with E-state index in [9.17, 15) is 9.59 Å². The lowest BCUT2D eigenvalue weighted by atomic mass is 10.1. The summed E-state index contributed by atoms with van der Waals surface area (Å²) in [5.74, 6) is 0.0840. The Morgan fingerprint density at radius 3 is 2.70 bits per heavy atom. The van der Waals surface area contributed by atoms with Crippen molar-refractivity contribution in [2.24, 2.45) is 5.73 Å². The Bertz CT molecular complexity index is 987. The standard InChI is InChI=1S/C17H14BrN5O4/c1-9(24)20-7-10-2-4-11(5-3-10)12-6-13(27-23-12)15-16(26-17(19)25)21-8-14(18)22-15/h2-6,8H,7H2,1H3,(H2,19,25)(H,20,24). The Hall–Kier alpha value is -3.27. The molecule has 2 amide bonds. The molecular weight excluding hydrogens is 418 g/mol. The Morgan fingerprint density at radius 1 is 1.30 bits per heavy atom. The van der Waals surface area contributed by atoms with E-state index < -0.39 is 6.09 Å². The van der Waals surface area contributed by atoms with Gasteiger partial charge in [0.05, 0.1) is 6.20 Å². The molecule has 10 heteroatoms. The number of aromatic nitrogens is 3. The van der Waals surface area contributed by atoms with E-state index in [1.165, 1.54) is 13.1 Å². The number of nitrogens with two attached hydrogens (primary N) is 1. The zero-order chi connectivity index (χ0) is 19.4. The van der Waals surface area contributed by atoms with Crippen LogP contribution in [0.15, 0.2) is 45.7 Å². The molecule has 0 radical (unpaired) electrons. The van der Waals surface area contributed by atoms with Crippen molar-refractivity contribution in [3.63, 3.8) is 0 Å². The first kappa shape index (κ1) is 18.5. The molecular formula is C17H14BrN5O4. The predicted molar refractivity (Wildman–Crippen MR) is 98.4 cm³/mol. The van der Waals surface area contributed by atoms with Crippen molar-refractivity contribution in [1.29, 1.82) is 0 Å². The first-order valence-electron chi connectivity index (χ1n) is 7.73. The summed E-state index contributed by atoms with van der Waals surface area (Å²) in [7, 11) is 0. The molecule has 27 heavy (non-hydrogen) atoms. The molecule has 0 saturated carbocycles. The van der Waals surface area contributed by atoms with E-state index in [2.05, 4.69) is 36.4 Å². The van der Waals surface area contributed by atoms with E-state index in [4.69, 9.17) is 15.0 Å². The minimum atomic E-state index is -1.01. The van der Waals surface area contributed by atoms with E-state index in [0.29, 0.717) is 16.8 Å². The zero-order valence-electron chi connectivity index (χ0n) is 14.1. The maximum atomic E-state index is 11.0. The van der Waals surface area contributed by atoms with Crippen LogP contribution in [0.5, 0.6) is 5.88 Å². The normalized spacial score (nSPS) is 10.4. The molecule has 3 rings (SSSR count). The molecule has 9 nitrogen and oxygen atoms in total. The molecule has 0 bridgehead atoms. The van der Waals surface area contributed by atoms with Gasteiger partial charge in [0.2, 0.25) is 5.91 Å². The molecule has 0 aliphatic heterocycles. The van der Waals surface area contributed by atoms with Gasteiger partial charge in [-0.05, 0) is 21.5 Å². The molecule has 1 aromatic carbocycles. The molecule has 3 aromatic rings. The van der Waals surface area contributed by atoms with Gasteiger partial charge in [-0.1, -0.05) is 29.4 Å². The minimum absolute atomic E-state index is 0.0842. The first-order chi connectivity index (χ1) is 12.9. The Morgan fingerprint density at radius 2 is 2.04 bits per heavy atom. The summed E-state index contributed by atoms with van der Waals surface area (Å²) in [5, 5.41) is 6.75. The van der Waals surface area contributed by atoms with Crippen molar-refractivity contribution in [1.82, 2.24) is 20.4 Å². The highest BCUT2D eigenvalue weighted by molar-refractivity contribution is 9.10. The number of hydrogen-bond acceptors (Lipinski definition) is 7. The zero-order valence-corrected chi connectivity index (χ0v) is 15.7. The number of carbonyl (C=O) groups is 2. The van der Waals surface area contributed by atoms with E-state index in [0.717, 1.165) is 11.1 Å². The summed E-state index contributed by atoms with van der Waals surface area (Å²) in [6.45, 7) is 1.91. The Kier molecular flexibility index (Phi) is 5.46. The molecule has 0 saturated heterocycles. The SMILES string of the molecule is CC(=O)NCc1ccc(-c2cc(-c3nc(Br)cnc3OC(N)=O)on2)cc1. The molecule has 3 N–H and O–H groups in total. The van der Waals surface area contributed by atoms with Gasteiger partial charge in [0.25, 0.3) is 5.88 Å². The van der Waals surface area contributed by atoms with Gasteiger partial charge in [-0.3, -0.25) is 4.79 Å². The highest BCUT2D eigenvalue weighted by atomic mass is 79.9. The van der Waals surface area contributed by atoms with Crippen molar-refractivity contribution in [2.75, 3.05) is 0 Å². The second-order valence-electron chi connectivity index (χ2n) is 5.45. The first-order valence-corrected chi connectivity index (χ1v) is 8.52. The summed E-state index contributed by atoms with van der Waals surface area (Å²) >= 11 is 3.21. The maximum Gasteiger partial charge on any atom is 0.411 e. The predicted octanol–water partition coefficient (Wildman–Crippen LogP) is 2.65. The lowest BCUT2D eigenvalue weighted by Gasteiger charge is -2.04. The smallest absolute Gasteiger partial charge is 0.389 e. The summed E-state index contributed by atoms with van der Waals surface area (Å²) in [6.07, 6.45) is 0.356. The number of nitrogens with zero attached hydrogens (tertiary/aromatic N) is 3. The third-order valence-electron chi connectivity index (χ3n) is 3.44. The lowest BCUT2D eigenvalue weighted by Crippen LogP contribution is -2.18. The van der Waals surface area contributed by atoms with Crippen molar-refractivity contribution in [2.45, 2.75) is 13.5 Å². The van der Waals surface area contributed by atoms with Crippen LogP contribution in [0.1, 0.15) is 12.5 Å². The molecule has 138 valence electrons. The second-order valence-corrected chi connectivity index (χ2v) is 6.26. The number of ether oxygens (including phenoxy) is 1. The van der Waals surface area contributed by atoms with Crippen LogP contribution in [0.4, 0.5) is 4.79 Å². The number of primary amides is 1. The summed E-state index contributed by atoms with van der Waals surface area (Å²) in [4.78, 5) is 30.2. The van der Waals surface area contributed by atoms with Crippen LogP contribution in [-0.2, 0) is 11.3 Å². The number of nitrogens with one attached hydrogen (secondary N) is 1. The lowest BCUT2D eigenvalue weighted by molar-refractivity contribution is -0.119. The van der Waals surface area contributed by atoms with Gasteiger partial charge in [0, 0.05) is 25.1 Å². The molecule has 0 aliphatic rings. The van der Waals surface area contributed by atoms with Gasteiger partial charge >= 0.3 is 6.09 Å². The van der Waals surface area contributed by atoms with E-state index >= 15 is 0 Å². The molecule has 0 fully saturated rings. The van der Waals surface area contributed by atoms with Crippen molar-refractivity contribution < 1.29 is 18.8 Å². The van der Waals surface area contributed by atoms with Crippen molar-refractivity contribution in [3.8, 4) is 28.6 Å². The third kappa shape index (κ3) is 4.67. The fraction of sp³-hybridized carbons (Fsp3) is 0.118. The van der Waals surface area contributed by atoms with Crippen LogP contribution in [0, 0.1) is 0 Å². The summed E-state index contributed by atoms with van der Waals surface area (Å²) in [6, 6.07) is 9.10. The van der Waals surface area contributed by atoms with Gasteiger partial charge in [-0.25, -0.2) is 14.8 Å². The second kappa shape index (κ2) is 7.96. The third-order valence-corrected chi connectivity index (χ3v) is 3.82. The van der Waals surface area contributed by atoms with Crippen molar-refractivity contribution >= 4 is 27.9 Å². The largest absolute Gasteiger partial charge is 0.411 e.